The highest BCUT2D eigenvalue weighted by Gasteiger charge is 2.64. The molecule has 1 aromatic rings. The molecule has 1 heterocycles. The molecule has 3 fully saturated rings. The van der Waals surface area contributed by atoms with Gasteiger partial charge in [-0.15, -0.1) is 0 Å². The van der Waals surface area contributed by atoms with Gasteiger partial charge in [0.2, 0.25) is 0 Å². The first-order chi connectivity index (χ1) is 12.0. The largest absolute Gasteiger partial charge is 0.497 e. The minimum Gasteiger partial charge on any atom is -0.497 e. The fourth-order valence-electron chi connectivity index (χ4n) is 6.70. The lowest BCUT2D eigenvalue weighted by Crippen LogP contribution is -2.46. The van der Waals surface area contributed by atoms with Crippen molar-refractivity contribution in [2.45, 2.75) is 56.7 Å². The van der Waals surface area contributed by atoms with Crippen LogP contribution < -0.4 is 4.74 Å². The molecular formula is C21H26O4. The highest BCUT2D eigenvalue weighted by Crippen LogP contribution is 2.61. The molecule has 7 atom stereocenters. The van der Waals surface area contributed by atoms with Crippen LogP contribution >= 0.6 is 0 Å². The second-order valence-electron chi connectivity index (χ2n) is 8.66. The Morgan fingerprint density at radius 2 is 2.16 bits per heavy atom. The van der Waals surface area contributed by atoms with Crippen LogP contribution in [0.1, 0.15) is 49.7 Å². The van der Waals surface area contributed by atoms with E-state index in [0.717, 1.165) is 31.4 Å². The molecule has 1 saturated heterocycles. The molecule has 4 heteroatoms. The van der Waals surface area contributed by atoms with Gasteiger partial charge in [-0.05, 0) is 78.5 Å². The Labute approximate surface area is 148 Å². The predicted molar refractivity (Wildman–Crippen MR) is 92.4 cm³/mol. The van der Waals surface area contributed by atoms with E-state index >= 15 is 0 Å². The summed E-state index contributed by atoms with van der Waals surface area (Å²) in [6.45, 7) is 2.35. The van der Waals surface area contributed by atoms with Crippen molar-refractivity contribution in [2.75, 3.05) is 7.11 Å². The predicted octanol–water partition coefficient (Wildman–Crippen LogP) is 3.06. The van der Waals surface area contributed by atoms with Gasteiger partial charge in [-0.1, -0.05) is 13.0 Å². The van der Waals surface area contributed by atoms with Crippen LogP contribution in [0.3, 0.4) is 0 Å². The Bertz CT molecular complexity index is 729. The van der Waals surface area contributed by atoms with Gasteiger partial charge < -0.3 is 14.6 Å². The maximum atomic E-state index is 11.7. The molecule has 1 aromatic carbocycles. The van der Waals surface area contributed by atoms with E-state index in [1.807, 2.05) is 0 Å². The Hall–Kier alpha value is -1.55. The molecule has 0 bridgehead atoms. The van der Waals surface area contributed by atoms with E-state index in [1.54, 1.807) is 7.11 Å². The van der Waals surface area contributed by atoms with Crippen LogP contribution in [0.15, 0.2) is 18.2 Å². The molecular weight excluding hydrogens is 316 g/mol. The smallest absolute Gasteiger partial charge is 0.309 e. The zero-order valence-corrected chi connectivity index (χ0v) is 14.9. The van der Waals surface area contributed by atoms with Crippen molar-refractivity contribution in [1.82, 2.24) is 0 Å². The Balaban J connectivity index is 1.50. The van der Waals surface area contributed by atoms with E-state index in [-0.39, 0.29) is 24.4 Å². The second-order valence-corrected chi connectivity index (χ2v) is 8.66. The molecule has 3 aliphatic carbocycles. The van der Waals surface area contributed by atoms with E-state index in [4.69, 9.17) is 9.47 Å². The van der Waals surface area contributed by atoms with Gasteiger partial charge in [-0.25, -0.2) is 0 Å². The molecule has 0 spiro atoms. The number of aliphatic hydroxyl groups is 1. The fraction of sp³-hybridized carbons (Fsp3) is 0.667. The van der Waals surface area contributed by atoms with Crippen LogP contribution in [0.4, 0.5) is 0 Å². The van der Waals surface area contributed by atoms with Crippen molar-refractivity contribution in [3.63, 3.8) is 0 Å². The van der Waals surface area contributed by atoms with Gasteiger partial charge in [0.1, 0.15) is 17.5 Å². The minimum absolute atomic E-state index is 0.193. The molecule has 7 unspecified atom stereocenters. The first kappa shape index (κ1) is 15.7. The Morgan fingerprint density at radius 1 is 1.32 bits per heavy atom. The maximum absolute atomic E-state index is 11.7. The minimum atomic E-state index is -0.910. The Kier molecular flexibility index (Phi) is 3.28. The maximum Gasteiger partial charge on any atom is 0.309 e. The van der Waals surface area contributed by atoms with Crippen molar-refractivity contribution in [1.29, 1.82) is 0 Å². The molecule has 0 amide bonds. The average Bonchev–Trinajstić information content (AvgIpc) is 3.02. The molecule has 1 N–H and O–H groups in total. The van der Waals surface area contributed by atoms with E-state index in [2.05, 4.69) is 25.1 Å². The first-order valence-electron chi connectivity index (χ1n) is 9.60. The van der Waals surface area contributed by atoms with E-state index in [9.17, 15) is 9.90 Å². The molecule has 1 aliphatic heterocycles. The SMILES string of the molecule is COc1ccc2c(c1)CC(C)C1C2CCC2C1CC1OC(=O)CC12O. The standard InChI is InChI=1S/C21H26O4/c1-11-7-12-8-13(24-2)3-4-14(12)15-5-6-17-16(20(11)15)9-18-21(17,23)10-19(22)25-18/h3-4,8,11,15-18,20,23H,5-7,9-10H2,1-2H3. The lowest BCUT2D eigenvalue weighted by molar-refractivity contribution is -0.142. The van der Waals surface area contributed by atoms with Gasteiger partial charge in [0.05, 0.1) is 13.5 Å². The normalized spacial score (nSPS) is 44.4. The molecule has 0 radical (unpaired) electrons. The molecule has 134 valence electrons. The molecule has 5 rings (SSSR count). The summed E-state index contributed by atoms with van der Waals surface area (Å²) in [6, 6.07) is 6.53. The number of ether oxygens (including phenoxy) is 2. The lowest BCUT2D eigenvalue weighted by Gasteiger charge is -2.49. The number of rotatable bonds is 1. The van der Waals surface area contributed by atoms with E-state index < -0.39 is 5.60 Å². The molecule has 4 nitrogen and oxygen atoms in total. The number of fused-ring (bicyclic) bond motifs is 7. The Morgan fingerprint density at radius 3 is 2.96 bits per heavy atom. The van der Waals surface area contributed by atoms with Crippen molar-refractivity contribution < 1.29 is 19.4 Å². The quantitative estimate of drug-likeness (QED) is 0.797. The van der Waals surface area contributed by atoms with Crippen LogP contribution in [-0.2, 0) is 16.0 Å². The van der Waals surface area contributed by atoms with Gasteiger partial charge in [0, 0.05) is 0 Å². The summed E-state index contributed by atoms with van der Waals surface area (Å²) in [4.78, 5) is 11.7. The number of hydrogen-bond acceptors (Lipinski definition) is 4. The van der Waals surface area contributed by atoms with Crippen LogP contribution in [0.2, 0.25) is 0 Å². The van der Waals surface area contributed by atoms with Crippen molar-refractivity contribution in [3.8, 4) is 5.75 Å². The molecule has 4 aliphatic rings. The number of esters is 1. The third kappa shape index (κ3) is 2.06. The summed E-state index contributed by atoms with van der Waals surface area (Å²) < 4.78 is 10.9. The summed E-state index contributed by atoms with van der Waals surface area (Å²) in [5.41, 5.74) is 1.99. The number of benzene rings is 1. The fourth-order valence-corrected chi connectivity index (χ4v) is 6.70. The van der Waals surface area contributed by atoms with Gasteiger partial charge in [-0.3, -0.25) is 4.79 Å². The van der Waals surface area contributed by atoms with Gasteiger partial charge in [0.15, 0.2) is 0 Å². The van der Waals surface area contributed by atoms with Crippen molar-refractivity contribution in [3.05, 3.63) is 29.3 Å². The third-order valence-corrected chi connectivity index (χ3v) is 7.60. The van der Waals surface area contributed by atoms with Crippen LogP contribution in [0, 0.1) is 23.7 Å². The summed E-state index contributed by atoms with van der Waals surface area (Å²) in [6.07, 6.45) is 3.91. The topological polar surface area (TPSA) is 55.8 Å². The summed E-state index contributed by atoms with van der Waals surface area (Å²) in [7, 11) is 1.72. The summed E-state index contributed by atoms with van der Waals surface area (Å²) in [5.74, 6) is 3.11. The third-order valence-electron chi connectivity index (χ3n) is 7.60. The lowest BCUT2D eigenvalue weighted by atomic mass is 9.56. The number of methoxy groups -OCH3 is 1. The van der Waals surface area contributed by atoms with E-state index in [1.165, 1.54) is 11.1 Å². The van der Waals surface area contributed by atoms with E-state index in [0.29, 0.717) is 23.7 Å². The van der Waals surface area contributed by atoms with Crippen LogP contribution in [0.5, 0.6) is 5.75 Å². The number of carbonyl (C=O) groups is 1. The van der Waals surface area contributed by atoms with Crippen molar-refractivity contribution >= 4 is 5.97 Å². The molecule has 25 heavy (non-hydrogen) atoms. The number of carbonyl (C=O) groups excluding carboxylic acids is 1. The van der Waals surface area contributed by atoms with Gasteiger partial charge in [0.25, 0.3) is 0 Å². The highest BCUT2D eigenvalue weighted by molar-refractivity contribution is 5.74. The average molecular weight is 342 g/mol. The van der Waals surface area contributed by atoms with Crippen molar-refractivity contribution in [2.24, 2.45) is 23.7 Å². The zero-order chi connectivity index (χ0) is 17.3. The first-order valence-corrected chi connectivity index (χ1v) is 9.60. The summed E-state index contributed by atoms with van der Waals surface area (Å²) >= 11 is 0. The van der Waals surface area contributed by atoms with Gasteiger partial charge in [-0.2, -0.15) is 0 Å². The van der Waals surface area contributed by atoms with Gasteiger partial charge >= 0.3 is 5.97 Å². The molecule has 2 saturated carbocycles. The molecule has 0 aromatic heterocycles. The highest BCUT2D eigenvalue weighted by atomic mass is 16.6. The number of hydrogen-bond donors (Lipinski definition) is 1. The zero-order valence-electron chi connectivity index (χ0n) is 14.9. The summed E-state index contributed by atoms with van der Waals surface area (Å²) in [5, 5.41) is 11.2. The second kappa shape index (κ2) is 5.23. The van der Waals surface area contributed by atoms with Crippen LogP contribution in [-0.4, -0.2) is 29.9 Å². The monoisotopic (exact) mass is 342 g/mol. The van der Waals surface area contributed by atoms with Crippen LogP contribution in [0.25, 0.3) is 0 Å².